The van der Waals surface area contributed by atoms with Gasteiger partial charge < -0.3 is 5.32 Å². The fourth-order valence-corrected chi connectivity index (χ4v) is 4.59. The Hall–Kier alpha value is -2.23. The van der Waals surface area contributed by atoms with Crippen LogP contribution in [-0.4, -0.2) is 60.4 Å². The molecule has 29 heavy (non-hydrogen) atoms. The number of aromatic nitrogens is 2. The highest BCUT2D eigenvalue weighted by molar-refractivity contribution is 7.88. The summed E-state index contributed by atoms with van der Waals surface area (Å²) >= 11 is 0. The van der Waals surface area contributed by atoms with Crippen LogP contribution in [0, 0.1) is 13.8 Å². The van der Waals surface area contributed by atoms with Crippen molar-refractivity contribution in [1.29, 1.82) is 0 Å². The molecule has 2 heterocycles. The van der Waals surface area contributed by atoms with E-state index in [-0.39, 0.29) is 18.0 Å². The van der Waals surface area contributed by atoms with E-state index in [9.17, 15) is 13.2 Å². The number of aryl methyl sites for hydroxylation is 1. The monoisotopic (exact) mass is 419 g/mol. The van der Waals surface area contributed by atoms with Gasteiger partial charge in [0.05, 0.1) is 35.1 Å². The van der Waals surface area contributed by atoms with Crippen molar-refractivity contribution >= 4 is 21.6 Å². The van der Waals surface area contributed by atoms with E-state index in [2.05, 4.69) is 15.1 Å². The second kappa shape index (κ2) is 8.64. The quantitative estimate of drug-likeness (QED) is 0.745. The average molecular weight is 420 g/mol. The van der Waals surface area contributed by atoms with E-state index in [0.29, 0.717) is 12.2 Å². The Kier molecular flexibility index (Phi) is 6.40. The van der Waals surface area contributed by atoms with Crippen LogP contribution in [0.25, 0.3) is 5.69 Å². The number of amides is 1. The second-order valence-corrected chi connectivity index (χ2v) is 9.46. The van der Waals surface area contributed by atoms with Crippen LogP contribution < -0.4 is 10.0 Å². The van der Waals surface area contributed by atoms with Crippen LogP contribution in [0.1, 0.15) is 31.2 Å². The van der Waals surface area contributed by atoms with Crippen molar-refractivity contribution in [2.75, 3.05) is 24.7 Å². The third kappa shape index (κ3) is 5.23. The topological polar surface area (TPSA) is 96.3 Å². The van der Waals surface area contributed by atoms with Crippen molar-refractivity contribution in [1.82, 2.24) is 19.4 Å². The van der Waals surface area contributed by atoms with Gasteiger partial charge in [0.25, 0.3) is 0 Å². The Morgan fingerprint density at radius 2 is 1.93 bits per heavy atom. The maximum Gasteiger partial charge on any atom is 0.241 e. The van der Waals surface area contributed by atoms with Gasteiger partial charge in [-0.2, -0.15) is 5.10 Å². The van der Waals surface area contributed by atoms with Gasteiger partial charge in [-0.1, -0.05) is 18.2 Å². The Labute approximate surface area is 172 Å². The summed E-state index contributed by atoms with van der Waals surface area (Å²) in [7, 11) is -3.26. The van der Waals surface area contributed by atoms with E-state index in [1.807, 2.05) is 60.7 Å². The smallest absolute Gasteiger partial charge is 0.241 e. The first-order valence-electron chi connectivity index (χ1n) is 9.79. The molecule has 0 saturated carbocycles. The molecule has 3 rings (SSSR count). The van der Waals surface area contributed by atoms with E-state index in [1.54, 1.807) is 0 Å². The van der Waals surface area contributed by atoms with Crippen LogP contribution in [0.3, 0.4) is 0 Å². The molecule has 0 unspecified atom stereocenters. The maximum absolute atomic E-state index is 12.9. The number of piperidine rings is 1. The molecule has 1 aromatic heterocycles. The average Bonchev–Trinajstić information content (AvgIpc) is 2.95. The lowest BCUT2D eigenvalue weighted by atomic mass is 10.0. The molecule has 2 N–H and O–H groups in total. The van der Waals surface area contributed by atoms with Gasteiger partial charge in [-0.25, -0.2) is 17.8 Å². The summed E-state index contributed by atoms with van der Waals surface area (Å²) in [5.41, 5.74) is 3.27. The minimum atomic E-state index is -3.26. The number of para-hydroxylation sites is 1. The molecule has 0 aliphatic carbocycles. The molecule has 2 atom stereocenters. The summed E-state index contributed by atoms with van der Waals surface area (Å²) < 4.78 is 27.5. The van der Waals surface area contributed by atoms with Crippen LogP contribution in [-0.2, 0) is 14.8 Å². The number of likely N-dealkylation sites (tertiary alicyclic amines) is 1. The molecular weight excluding hydrogens is 390 g/mol. The molecule has 1 amide bonds. The van der Waals surface area contributed by atoms with E-state index in [1.165, 1.54) is 0 Å². The minimum absolute atomic E-state index is 0.121. The third-order valence-electron chi connectivity index (χ3n) is 5.30. The van der Waals surface area contributed by atoms with Gasteiger partial charge >= 0.3 is 0 Å². The number of benzene rings is 1. The number of carbonyl (C=O) groups excluding carboxylic acids is 1. The van der Waals surface area contributed by atoms with E-state index in [4.69, 9.17) is 0 Å². The Morgan fingerprint density at radius 3 is 2.59 bits per heavy atom. The molecule has 1 saturated heterocycles. The standard InChI is InChI=1S/C20H29N5O3S/c1-14-19(15(2)25(22-14)18-10-6-5-7-11-18)21-20(26)16(3)24-12-8-9-17(13-24)23-29(4,27)28/h5-7,10-11,16-17,23H,8-9,12-13H2,1-4H3,(H,21,26)/t16-,17-/m0/s1. The molecule has 9 heteroatoms. The summed E-state index contributed by atoms with van der Waals surface area (Å²) in [5.74, 6) is -0.121. The number of sulfonamides is 1. The zero-order valence-corrected chi connectivity index (χ0v) is 18.2. The zero-order chi connectivity index (χ0) is 21.2. The summed E-state index contributed by atoms with van der Waals surface area (Å²) in [4.78, 5) is 14.9. The van der Waals surface area contributed by atoms with Gasteiger partial charge in [0.2, 0.25) is 15.9 Å². The van der Waals surface area contributed by atoms with Crippen molar-refractivity contribution in [2.45, 2.75) is 45.7 Å². The van der Waals surface area contributed by atoms with Crippen molar-refractivity contribution in [2.24, 2.45) is 0 Å². The first-order chi connectivity index (χ1) is 13.7. The van der Waals surface area contributed by atoms with Gasteiger partial charge in [-0.3, -0.25) is 9.69 Å². The molecule has 0 bridgehead atoms. The van der Waals surface area contributed by atoms with Crippen molar-refractivity contribution in [3.8, 4) is 5.69 Å². The molecule has 158 valence electrons. The van der Waals surface area contributed by atoms with Gasteiger partial charge in [0, 0.05) is 12.6 Å². The highest BCUT2D eigenvalue weighted by Gasteiger charge is 2.29. The first-order valence-corrected chi connectivity index (χ1v) is 11.7. The normalized spacial score (nSPS) is 19.1. The maximum atomic E-state index is 12.9. The molecule has 8 nitrogen and oxygen atoms in total. The predicted molar refractivity (Wildman–Crippen MR) is 114 cm³/mol. The lowest BCUT2D eigenvalue weighted by Crippen LogP contribution is -2.52. The zero-order valence-electron chi connectivity index (χ0n) is 17.3. The highest BCUT2D eigenvalue weighted by Crippen LogP contribution is 2.23. The number of carbonyl (C=O) groups is 1. The Balaban J connectivity index is 1.71. The summed E-state index contributed by atoms with van der Waals surface area (Å²) in [6, 6.07) is 9.24. The fourth-order valence-electron chi connectivity index (χ4n) is 3.79. The number of anilines is 1. The summed E-state index contributed by atoms with van der Waals surface area (Å²) in [6.07, 6.45) is 2.78. The lowest BCUT2D eigenvalue weighted by molar-refractivity contribution is -0.121. The van der Waals surface area contributed by atoms with Gasteiger partial charge in [0.1, 0.15) is 0 Å². The largest absolute Gasteiger partial charge is 0.322 e. The summed E-state index contributed by atoms with van der Waals surface area (Å²) in [5, 5.41) is 7.60. The molecule has 1 aliphatic heterocycles. The summed E-state index contributed by atoms with van der Waals surface area (Å²) in [6.45, 7) is 6.94. The number of hydrogen-bond donors (Lipinski definition) is 2. The van der Waals surface area contributed by atoms with Crippen molar-refractivity contribution in [3.05, 3.63) is 41.7 Å². The van der Waals surface area contributed by atoms with E-state index in [0.717, 1.165) is 42.7 Å². The second-order valence-electron chi connectivity index (χ2n) is 7.68. The third-order valence-corrected chi connectivity index (χ3v) is 6.06. The number of nitrogens with one attached hydrogen (secondary N) is 2. The first kappa shape index (κ1) is 21.5. The van der Waals surface area contributed by atoms with E-state index >= 15 is 0 Å². The van der Waals surface area contributed by atoms with Crippen LogP contribution >= 0.6 is 0 Å². The van der Waals surface area contributed by atoms with Crippen molar-refractivity contribution in [3.63, 3.8) is 0 Å². The lowest BCUT2D eigenvalue weighted by Gasteiger charge is -2.36. The minimum Gasteiger partial charge on any atom is -0.322 e. The van der Waals surface area contributed by atoms with Crippen LogP contribution in [0.5, 0.6) is 0 Å². The number of hydrogen-bond acceptors (Lipinski definition) is 5. The van der Waals surface area contributed by atoms with Crippen LogP contribution in [0.15, 0.2) is 30.3 Å². The molecule has 2 aromatic rings. The van der Waals surface area contributed by atoms with Crippen molar-refractivity contribution < 1.29 is 13.2 Å². The predicted octanol–water partition coefficient (Wildman–Crippen LogP) is 1.83. The molecule has 0 radical (unpaired) electrons. The van der Waals surface area contributed by atoms with Gasteiger partial charge in [-0.15, -0.1) is 0 Å². The number of rotatable bonds is 6. The van der Waals surface area contributed by atoms with Crippen LogP contribution in [0.2, 0.25) is 0 Å². The molecule has 1 aromatic carbocycles. The molecule has 1 aliphatic rings. The highest BCUT2D eigenvalue weighted by atomic mass is 32.2. The molecule has 1 fully saturated rings. The molecule has 0 spiro atoms. The van der Waals surface area contributed by atoms with Crippen LogP contribution in [0.4, 0.5) is 5.69 Å². The van der Waals surface area contributed by atoms with Gasteiger partial charge in [-0.05, 0) is 52.3 Å². The van der Waals surface area contributed by atoms with Gasteiger partial charge in [0.15, 0.2) is 0 Å². The SMILES string of the molecule is Cc1nn(-c2ccccc2)c(C)c1NC(=O)[C@H](C)N1CCC[C@H](NS(C)(=O)=O)C1. The fraction of sp³-hybridized carbons (Fsp3) is 0.500. The Bertz CT molecular complexity index is 972. The van der Waals surface area contributed by atoms with E-state index < -0.39 is 10.0 Å². The molecular formula is C20H29N5O3S. The number of nitrogens with zero attached hydrogens (tertiary/aromatic N) is 3. The Morgan fingerprint density at radius 1 is 1.24 bits per heavy atom.